The van der Waals surface area contributed by atoms with E-state index >= 15 is 0 Å². The molecular formula is C14H15NO5S. The van der Waals surface area contributed by atoms with Gasteiger partial charge in [0.25, 0.3) is 0 Å². The molecule has 2 aromatic rings. The standard InChI is InChI=1S/C14H15NO5S/c15-8-10-1-2-11(20-10)9-21(16,17)12-3-4-13-14(7-12)19-6-5-18-13/h1-4,7H,5-6,8-9,15H2. The van der Waals surface area contributed by atoms with Crippen molar-refractivity contribution in [2.75, 3.05) is 13.2 Å². The van der Waals surface area contributed by atoms with E-state index in [0.717, 1.165) is 0 Å². The summed E-state index contributed by atoms with van der Waals surface area (Å²) in [6.07, 6.45) is 0. The van der Waals surface area contributed by atoms with Crippen LogP contribution in [0.2, 0.25) is 0 Å². The van der Waals surface area contributed by atoms with E-state index in [1.165, 1.54) is 12.1 Å². The summed E-state index contributed by atoms with van der Waals surface area (Å²) >= 11 is 0. The molecule has 1 aliphatic heterocycles. The van der Waals surface area contributed by atoms with Gasteiger partial charge in [0.1, 0.15) is 30.5 Å². The van der Waals surface area contributed by atoms with E-state index in [2.05, 4.69) is 0 Å². The van der Waals surface area contributed by atoms with Crippen molar-refractivity contribution >= 4 is 9.84 Å². The Balaban J connectivity index is 1.87. The summed E-state index contributed by atoms with van der Waals surface area (Å²) in [5.41, 5.74) is 5.44. The zero-order chi connectivity index (χ0) is 14.9. The van der Waals surface area contributed by atoms with E-state index < -0.39 is 9.84 Å². The van der Waals surface area contributed by atoms with Gasteiger partial charge in [-0.2, -0.15) is 0 Å². The molecule has 0 saturated carbocycles. The molecule has 21 heavy (non-hydrogen) atoms. The second-order valence-corrected chi connectivity index (χ2v) is 6.63. The molecule has 2 heterocycles. The summed E-state index contributed by atoms with van der Waals surface area (Å²) in [4.78, 5) is 0.178. The van der Waals surface area contributed by atoms with Gasteiger partial charge in [-0.1, -0.05) is 0 Å². The van der Waals surface area contributed by atoms with Crippen molar-refractivity contribution < 1.29 is 22.3 Å². The number of hydrogen-bond donors (Lipinski definition) is 1. The first-order valence-electron chi connectivity index (χ1n) is 6.48. The summed E-state index contributed by atoms with van der Waals surface area (Å²) in [6, 6.07) is 7.90. The van der Waals surface area contributed by atoms with Crippen LogP contribution in [0.15, 0.2) is 39.6 Å². The Bertz CT molecular complexity index is 750. The van der Waals surface area contributed by atoms with Crippen molar-refractivity contribution in [1.82, 2.24) is 0 Å². The molecular weight excluding hydrogens is 294 g/mol. The minimum atomic E-state index is -3.51. The van der Waals surface area contributed by atoms with Gasteiger partial charge in [0.05, 0.1) is 11.4 Å². The third-order valence-electron chi connectivity index (χ3n) is 3.12. The first-order chi connectivity index (χ1) is 10.1. The largest absolute Gasteiger partial charge is 0.486 e. The fourth-order valence-electron chi connectivity index (χ4n) is 2.10. The van der Waals surface area contributed by atoms with Crippen LogP contribution in [-0.2, 0) is 22.1 Å². The summed E-state index contributed by atoms with van der Waals surface area (Å²) in [7, 11) is -3.51. The average molecular weight is 309 g/mol. The van der Waals surface area contributed by atoms with Gasteiger partial charge >= 0.3 is 0 Å². The number of benzene rings is 1. The Kier molecular flexibility index (Phi) is 3.60. The van der Waals surface area contributed by atoms with Crippen molar-refractivity contribution in [3.63, 3.8) is 0 Å². The van der Waals surface area contributed by atoms with Gasteiger partial charge in [-0.05, 0) is 24.3 Å². The minimum Gasteiger partial charge on any atom is -0.486 e. The van der Waals surface area contributed by atoms with Gasteiger partial charge in [-0.3, -0.25) is 0 Å². The molecule has 0 bridgehead atoms. The van der Waals surface area contributed by atoms with Gasteiger partial charge in [0.2, 0.25) is 0 Å². The lowest BCUT2D eigenvalue weighted by atomic mass is 10.3. The summed E-state index contributed by atoms with van der Waals surface area (Å²) in [6.45, 7) is 1.12. The van der Waals surface area contributed by atoms with E-state index in [4.69, 9.17) is 19.6 Å². The fraction of sp³-hybridized carbons (Fsp3) is 0.286. The first-order valence-corrected chi connectivity index (χ1v) is 8.14. The van der Waals surface area contributed by atoms with Crippen molar-refractivity contribution in [2.24, 2.45) is 5.73 Å². The van der Waals surface area contributed by atoms with Crippen LogP contribution < -0.4 is 15.2 Å². The molecule has 6 nitrogen and oxygen atoms in total. The van der Waals surface area contributed by atoms with Gasteiger partial charge in [0.15, 0.2) is 21.3 Å². The van der Waals surface area contributed by atoms with Gasteiger partial charge < -0.3 is 19.6 Å². The van der Waals surface area contributed by atoms with Crippen LogP contribution in [0.1, 0.15) is 11.5 Å². The predicted molar refractivity (Wildman–Crippen MR) is 74.9 cm³/mol. The van der Waals surface area contributed by atoms with Gasteiger partial charge in [-0.25, -0.2) is 8.42 Å². The Morgan fingerprint density at radius 3 is 2.43 bits per heavy atom. The van der Waals surface area contributed by atoms with Gasteiger partial charge in [0, 0.05) is 6.07 Å². The van der Waals surface area contributed by atoms with Gasteiger partial charge in [-0.15, -0.1) is 0 Å². The molecule has 0 fully saturated rings. The molecule has 0 spiro atoms. The van der Waals surface area contributed by atoms with Crippen molar-refractivity contribution in [3.05, 3.63) is 41.9 Å². The number of ether oxygens (including phenoxy) is 2. The minimum absolute atomic E-state index is 0.178. The SMILES string of the molecule is NCc1ccc(CS(=O)(=O)c2ccc3c(c2)OCCO3)o1. The van der Waals surface area contributed by atoms with Crippen LogP contribution >= 0.6 is 0 Å². The number of sulfone groups is 1. The van der Waals surface area contributed by atoms with E-state index in [1.807, 2.05) is 0 Å². The van der Waals surface area contributed by atoms with E-state index in [0.29, 0.717) is 36.2 Å². The van der Waals surface area contributed by atoms with Crippen molar-refractivity contribution in [3.8, 4) is 11.5 Å². The highest BCUT2D eigenvalue weighted by molar-refractivity contribution is 7.90. The molecule has 0 amide bonds. The lowest BCUT2D eigenvalue weighted by Crippen LogP contribution is -2.16. The molecule has 7 heteroatoms. The zero-order valence-corrected chi connectivity index (χ0v) is 12.1. The fourth-order valence-corrected chi connectivity index (χ4v) is 3.36. The lowest BCUT2D eigenvalue weighted by Gasteiger charge is -2.18. The van der Waals surface area contributed by atoms with Crippen LogP contribution in [0.5, 0.6) is 11.5 Å². The van der Waals surface area contributed by atoms with Crippen molar-refractivity contribution in [1.29, 1.82) is 0 Å². The van der Waals surface area contributed by atoms with Crippen molar-refractivity contribution in [2.45, 2.75) is 17.2 Å². The molecule has 2 N–H and O–H groups in total. The molecule has 0 saturated heterocycles. The maximum absolute atomic E-state index is 12.4. The molecule has 0 atom stereocenters. The summed E-state index contributed by atoms with van der Waals surface area (Å²) in [5, 5.41) is 0. The quantitative estimate of drug-likeness (QED) is 0.920. The second kappa shape index (κ2) is 5.42. The monoisotopic (exact) mass is 309 g/mol. The molecule has 0 unspecified atom stereocenters. The highest BCUT2D eigenvalue weighted by atomic mass is 32.2. The lowest BCUT2D eigenvalue weighted by molar-refractivity contribution is 0.171. The smallest absolute Gasteiger partial charge is 0.185 e. The number of furan rings is 1. The Morgan fingerprint density at radius 1 is 1.00 bits per heavy atom. The molecule has 3 rings (SSSR count). The topological polar surface area (TPSA) is 91.8 Å². The average Bonchev–Trinajstić information content (AvgIpc) is 2.93. The zero-order valence-electron chi connectivity index (χ0n) is 11.2. The molecule has 0 radical (unpaired) electrons. The molecule has 1 aromatic heterocycles. The second-order valence-electron chi connectivity index (χ2n) is 4.64. The Labute approximate surface area is 122 Å². The normalized spacial score (nSPS) is 14.1. The first kappa shape index (κ1) is 14.0. The van der Waals surface area contributed by atoms with E-state index in [9.17, 15) is 8.42 Å². The highest BCUT2D eigenvalue weighted by Crippen LogP contribution is 2.33. The Morgan fingerprint density at radius 2 is 1.71 bits per heavy atom. The third kappa shape index (κ3) is 2.88. The summed E-state index contributed by atoms with van der Waals surface area (Å²) < 4.78 is 40.9. The van der Waals surface area contributed by atoms with Crippen LogP contribution in [0.4, 0.5) is 0 Å². The maximum Gasteiger partial charge on any atom is 0.185 e. The summed E-state index contributed by atoms with van der Waals surface area (Å²) in [5.74, 6) is 1.72. The van der Waals surface area contributed by atoms with Crippen LogP contribution in [0, 0.1) is 0 Å². The highest BCUT2D eigenvalue weighted by Gasteiger charge is 2.21. The Hall–Kier alpha value is -1.99. The van der Waals surface area contributed by atoms with E-state index in [-0.39, 0.29) is 17.2 Å². The number of fused-ring (bicyclic) bond motifs is 1. The van der Waals surface area contributed by atoms with E-state index in [1.54, 1.807) is 18.2 Å². The number of hydrogen-bond acceptors (Lipinski definition) is 6. The predicted octanol–water partition coefficient (Wildman–Crippen LogP) is 1.48. The number of rotatable bonds is 4. The number of nitrogens with two attached hydrogens (primary N) is 1. The maximum atomic E-state index is 12.4. The van der Waals surface area contributed by atoms with Crippen LogP contribution in [-0.4, -0.2) is 21.6 Å². The molecule has 1 aliphatic rings. The van der Waals surface area contributed by atoms with Crippen LogP contribution in [0.25, 0.3) is 0 Å². The molecule has 1 aromatic carbocycles. The molecule has 112 valence electrons. The third-order valence-corrected chi connectivity index (χ3v) is 4.76. The molecule has 0 aliphatic carbocycles. The van der Waals surface area contributed by atoms with Crippen LogP contribution in [0.3, 0.4) is 0 Å².